The third-order valence-electron chi connectivity index (χ3n) is 4.91. The van der Waals surface area contributed by atoms with Crippen LogP contribution in [0.5, 0.6) is 0 Å². The fraction of sp³-hybridized carbons (Fsp3) is 0.556. The van der Waals surface area contributed by atoms with E-state index in [-0.39, 0.29) is 31.5 Å². The van der Waals surface area contributed by atoms with Gasteiger partial charge in [-0.05, 0) is 31.9 Å². The number of hydrogen-bond acceptors (Lipinski definition) is 6. The lowest BCUT2D eigenvalue weighted by Crippen LogP contribution is -2.53. The number of carbonyl (C=O) groups is 2. The van der Waals surface area contributed by atoms with Gasteiger partial charge in [0, 0.05) is 24.9 Å². The van der Waals surface area contributed by atoms with Crippen LogP contribution in [0.25, 0.3) is 0 Å². The number of rotatable bonds is 6. The first-order chi connectivity index (χ1) is 13.4. The molecule has 4 N–H and O–H groups in total. The first-order valence-corrected chi connectivity index (χ1v) is 9.24. The van der Waals surface area contributed by atoms with Crippen molar-refractivity contribution >= 4 is 11.8 Å². The van der Waals surface area contributed by atoms with Gasteiger partial charge < -0.3 is 20.1 Å². The molecule has 2 aromatic rings. The molecule has 1 aliphatic heterocycles. The monoisotopic (exact) mass is 390 g/mol. The number of nitrogens with zero attached hydrogens (tertiary/aromatic N) is 3. The molecule has 1 saturated heterocycles. The van der Waals surface area contributed by atoms with Crippen LogP contribution in [0, 0.1) is 13.8 Å². The van der Waals surface area contributed by atoms with Crippen LogP contribution in [-0.4, -0.2) is 80.7 Å². The first-order valence-electron chi connectivity index (χ1n) is 9.24. The third kappa shape index (κ3) is 4.76. The Kier molecular flexibility index (Phi) is 6.10. The Morgan fingerprint density at radius 3 is 2.89 bits per heavy atom. The van der Waals surface area contributed by atoms with Crippen molar-refractivity contribution in [2.75, 3.05) is 32.8 Å². The zero-order valence-electron chi connectivity index (χ0n) is 16.1. The maximum Gasteiger partial charge on any atom is 0.269 e. The number of ether oxygens (including phenoxy) is 1. The minimum atomic E-state index is -1.36. The molecular formula is C18H26N6O4. The van der Waals surface area contributed by atoms with E-state index in [1.165, 1.54) is 6.20 Å². The van der Waals surface area contributed by atoms with Gasteiger partial charge >= 0.3 is 0 Å². The average molecular weight is 390 g/mol. The lowest BCUT2D eigenvalue weighted by Gasteiger charge is -2.31. The number of aromatic nitrogens is 4. The Labute approximate surface area is 162 Å². The van der Waals surface area contributed by atoms with E-state index < -0.39 is 5.60 Å². The molecule has 10 nitrogen and oxygen atoms in total. The number of aryl methyl sites for hydroxylation is 2. The molecule has 0 bridgehead atoms. The summed E-state index contributed by atoms with van der Waals surface area (Å²) in [6.45, 7) is 4.68. The van der Waals surface area contributed by atoms with Gasteiger partial charge in [0.15, 0.2) is 0 Å². The SMILES string of the molecule is Cc1n[nH]c(C)c1CCC(=O)N1CCOC[C@@](O)(CNC(=O)c2ccn[nH]2)C1. The standard InChI is InChI=1S/C18H26N6O4/c1-12-14(13(2)22-21-12)3-4-16(25)24-7-8-28-11-18(27,10-24)9-19-17(26)15-5-6-20-23-15/h5-6,27H,3-4,7-11H2,1-2H3,(H,19,26)(H,20,23)(H,21,22)/t18-/m1/s1. The Bertz CT molecular complexity index is 799. The second-order valence-electron chi connectivity index (χ2n) is 7.16. The average Bonchev–Trinajstić information content (AvgIpc) is 3.26. The van der Waals surface area contributed by atoms with Crippen molar-refractivity contribution in [1.82, 2.24) is 30.6 Å². The Morgan fingerprint density at radius 1 is 1.39 bits per heavy atom. The summed E-state index contributed by atoms with van der Waals surface area (Å²) >= 11 is 0. The summed E-state index contributed by atoms with van der Waals surface area (Å²) in [5.74, 6) is -0.442. The van der Waals surface area contributed by atoms with E-state index in [0.29, 0.717) is 31.7 Å². The number of β-amino-alcohol motifs (C(OH)–C–C–N with tert-alkyl or cyclic N) is 1. The van der Waals surface area contributed by atoms with E-state index >= 15 is 0 Å². The summed E-state index contributed by atoms with van der Waals surface area (Å²) in [4.78, 5) is 26.4. The molecule has 0 radical (unpaired) electrons. The zero-order chi connectivity index (χ0) is 20.1. The van der Waals surface area contributed by atoms with Crippen LogP contribution < -0.4 is 5.32 Å². The topological polar surface area (TPSA) is 136 Å². The highest BCUT2D eigenvalue weighted by molar-refractivity contribution is 5.92. The second-order valence-corrected chi connectivity index (χ2v) is 7.16. The minimum absolute atomic E-state index is 0.0332. The van der Waals surface area contributed by atoms with E-state index in [2.05, 4.69) is 25.7 Å². The highest BCUT2D eigenvalue weighted by atomic mass is 16.5. The molecule has 0 aromatic carbocycles. The van der Waals surface area contributed by atoms with Crippen molar-refractivity contribution in [3.63, 3.8) is 0 Å². The molecule has 2 aromatic heterocycles. The van der Waals surface area contributed by atoms with Crippen LogP contribution in [0.3, 0.4) is 0 Å². The summed E-state index contributed by atoms with van der Waals surface area (Å²) in [5.41, 5.74) is 1.84. The van der Waals surface area contributed by atoms with Crippen molar-refractivity contribution in [1.29, 1.82) is 0 Å². The third-order valence-corrected chi connectivity index (χ3v) is 4.91. The van der Waals surface area contributed by atoms with Crippen molar-refractivity contribution in [3.8, 4) is 0 Å². The molecule has 10 heteroatoms. The molecule has 1 atom stereocenters. The maximum absolute atomic E-state index is 12.7. The molecule has 152 valence electrons. The molecular weight excluding hydrogens is 364 g/mol. The van der Waals surface area contributed by atoms with Crippen LogP contribution in [0.2, 0.25) is 0 Å². The van der Waals surface area contributed by atoms with Crippen LogP contribution in [0.4, 0.5) is 0 Å². The largest absolute Gasteiger partial charge is 0.384 e. The number of nitrogens with one attached hydrogen (secondary N) is 3. The normalized spacial score (nSPS) is 20.0. The molecule has 0 spiro atoms. The number of aromatic amines is 2. The van der Waals surface area contributed by atoms with Gasteiger partial charge in [0.2, 0.25) is 5.91 Å². The molecule has 3 rings (SSSR count). The maximum atomic E-state index is 12.7. The number of H-pyrrole nitrogens is 2. The van der Waals surface area contributed by atoms with Gasteiger partial charge in [0.25, 0.3) is 5.91 Å². The molecule has 2 amide bonds. The first kappa shape index (κ1) is 20.0. The smallest absolute Gasteiger partial charge is 0.269 e. The summed E-state index contributed by atoms with van der Waals surface area (Å²) in [7, 11) is 0. The van der Waals surface area contributed by atoms with E-state index in [4.69, 9.17) is 4.74 Å². The van der Waals surface area contributed by atoms with E-state index in [0.717, 1.165) is 17.0 Å². The highest BCUT2D eigenvalue weighted by Gasteiger charge is 2.35. The lowest BCUT2D eigenvalue weighted by molar-refractivity contribution is -0.133. The van der Waals surface area contributed by atoms with E-state index in [1.807, 2.05) is 13.8 Å². The van der Waals surface area contributed by atoms with Gasteiger partial charge in [0.1, 0.15) is 11.3 Å². The van der Waals surface area contributed by atoms with Crippen molar-refractivity contribution < 1.29 is 19.4 Å². The molecule has 1 aliphatic rings. The lowest BCUT2D eigenvalue weighted by atomic mass is 10.0. The number of carbonyl (C=O) groups excluding carboxylic acids is 2. The van der Waals surface area contributed by atoms with Gasteiger partial charge in [-0.2, -0.15) is 10.2 Å². The quantitative estimate of drug-likeness (QED) is 0.535. The molecule has 0 saturated carbocycles. The molecule has 0 aliphatic carbocycles. The summed E-state index contributed by atoms with van der Waals surface area (Å²) in [6, 6.07) is 1.54. The van der Waals surface area contributed by atoms with Crippen LogP contribution >= 0.6 is 0 Å². The van der Waals surface area contributed by atoms with Gasteiger partial charge in [-0.25, -0.2) is 0 Å². The number of aliphatic hydroxyl groups is 1. The van der Waals surface area contributed by atoms with Crippen LogP contribution in [0.15, 0.2) is 12.3 Å². The van der Waals surface area contributed by atoms with Gasteiger partial charge in [-0.3, -0.25) is 19.8 Å². The molecule has 28 heavy (non-hydrogen) atoms. The van der Waals surface area contributed by atoms with Crippen molar-refractivity contribution in [2.45, 2.75) is 32.3 Å². The number of amides is 2. The summed E-state index contributed by atoms with van der Waals surface area (Å²) in [6.07, 6.45) is 2.37. The van der Waals surface area contributed by atoms with E-state index in [1.54, 1.807) is 11.0 Å². The van der Waals surface area contributed by atoms with Crippen LogP contribution in [0.1, 0.15) is 33.9 Å². The Balaban J connectivity index is 1.57. The molecule has 0 unspecified atom stereocenters. The Hall–Kier alpha value is -2.72. The van der Waals surface area contributed by atoms with Gasteiger partial charge in [-0.1, -0.05) is 0 Å². The van der Waals surface area contributed by atoms with Crippen LogP contribution in [-0.2, 0) is 16.0 Å². The fourth-order valence-electron chi connectivity index (χ4n) is 3.29. The predicted molar refractivity (Wildman–Crippen MR) is 99.7 cm³/mol. The Morgan fingerprint density at radius 2 is 2.21 bits per heavy atom. The molecule has 1 fully saturated rings. The minimum Gasteiger partial charge on any atom is -0.384 e. The predicted octanol–water partition coefficient (Wildman–Crippen LogP) is -0.298. The van der Waals surface area contributed by atoms with Gasteiger partial charge in [0.05, 0.1) is 32.0 Å². The highest BCUT2D eigenvalue weighted by Crippen LogP contribution is 2.16. The zero-order valence-corrected chi connectivity index (χ0v) is 16.1. The number of hydrogen-bond donors (Lipinski definition) is 4. The fourth-order valence-corrected chi connectivity index (χ4v) is 3.29. The van der Waals surface area contributed by atoms with E-state index in [9.17, 15) is 14.7 Å². The summed E-state index contributed by atoms with van der Waals surface area (Å²) in [5, 5.41) is 26.9. The second kappa shape index (κ2) is 8.53. The van der Waals surface area contributed by atoms with Gasteiger partial charge in [-0.15, -0.1) is 0 Å². The summed E-state index contributed by atoms with van der Waals surface area (Å²) < 4.78 is 5.47. The van der Waals surface area contributed by atoms with Crippen molar-refractivity contribution in [3.05, 3.63) is 34.9 Å². The molecule has 3 heterocycles. The van der Waals surface area contributed by atoms with Crippen molar-refractivity contribution in [2.24, 2.45) is 0 Å².